The quantitative estimate of drug-likeness (QED) is 0.716. The molecule has 1 aliphatic heterocycles. The van der Waals surface area contributed by atoms with Crippen molar-refractivity contribution in [2.45, 2.75) is 11.3 Å². The molecule has 0 aliphatic carbocycles. The number of rotatable bonds is 7. The first-order valence-corrected chi connectivity index (χ1v) is 10.6. The van der Waals surface area contributed by atoms with Gasteiger partial charge in [-0.05, 0) is 24.6 Å². The molecule has 0 aromatic heterocycles. The molecule has 0 spiro atoms. The molecule has 6 nitrogen and oxygen atoms in total. The van der Waals surface area contributed by atoms with Crippen molar-refractivity contribution in [2.24, 2.45) is 0 Å². The van der Waals surface area contributed by atoms with E-state index < -0.39 is 10.0 Å². The number of carbonyl (C=O) groups is 1. The number of thioether (sulfide) groups is 1. The Balaban J connectivity index is 2.16. The van der Waals surface area contributed by atoms with Crippen LogP contribution in [0.3, 0.4) is 0 Å². The number of benzene rings is 1. The molecule has 2 rings (SSSR count). The fourth-order valence-electron chi connectivity index (χ4n) is 2.29. The van der Waals surface area contributed by atoms with Gasteiger partial charge in [-0.1, -0.05) is 11.6 Å². The summed E-state index contributed by atoms with van der Waals surface area (Å²) in [6, 6.07) is 4.25. The standard InChI is InChI=1S/C15H21ClN2O4S2/c1-22-8-2-5-17-15(19)13-11-12(3-4-14(13)16)24(20,21)18-6-9-23-10-7-18/h3-4,11H,2,5-10H2,1H3,(H,17,19). The fraction of sp³-hybridized carbons (Fsp3) is 0.533. The Labute approximate surface area is 151 Å². The first kappa shape index (κ1) is 19.5. The highest BCUT2D eigenvalue weighted by molar-refractivity contribution is 7.99. The number of halogens is 1. The zero-order valence-electron chi connectivity index (χ0n) is 13.5. The lowest BCUT2D eigenvalue weighted by Crippen LogP contribution is -2.38. The van der Waals surface area contributed by atoms with E-state index in [9.17, 15) is 13.2 Å². The summed E-state index contributed by atoms with van der Waals surface area (Å²) in [5.41, 5.74) is 0.168. The number of amides is 1. The van der Waals surface area contributed by atoms with E-state index in [1.54, 1.807) is 18.9 Å². The molecule has 0 atom stereocenters. The Morgan fingerprint density at radius 2 is 2.08 bits per heavy atom. The normalized spacial score (nSPS) is 16.1. The monoisotopic (exact) mass is 392 g/mol. The van der Waals surface area contributed by atoms with Crippen LogP contribution in [0.4, 0.5) is 0 Å². The second kappa shape index (κ2) is 9.05. The van der Waals surface area contributed by atoms with Crippen LogP contribution in [-0.4, -0.2) is 63.5 Å². The van der Waals surface area contributed by atoms with Gasteiger partial charge >= 0.3 is 0 Å². The molecule has 134 valence electrons. The second-order valence-electron chi connectivity index (χ2n) is 5.26. The highest BCUT2D eigenvalue weighted by atomic mass is 35.5. The van der Waals surface area contributed by atoms with Crippen LogP contribution in [0.15, 0.2) is 23.1 Å². The van der Waals surface area contributed by atoms with Crippen molar-refractivity contribution in [3.63, 3.8) is 0 Å². The van der Waals surface area contributed by atoms with E-state index >= 15 is 0 Å². The molecule has 1 N–H and O–H groups in total. The van der Waals surface area contributed by atoms with Crippen molar-refractivity contribution in [3.05, 3.63) is 28.8 Å². The zero-order chi connectivity index (χ0) is 17.6. The number of methoxy groups -OCH3 is 1. The minimum absolute atomic E-state index is 0.0980. The van der Waals surface area contributed by atoms with E-state index in [-0.39, 0.29) is 21.4 Å². The molecular weight excluding hydrogens is 372 g/mol. The Kier molecular flexibility index (Phi) is 7.36. The maximum Gasteiger partial charge on any atom is 0.252 e. The molecule has 24 heavy (non-hydrogen) atoms. The third-order valence-corrected chi connectivity index (χ3v) is 6.77. The van der Waals surface area contributed by atoms with Crippen molar-refractivity contribution in [2.75, 3.05) is 44.9 Å². The molecule has 1 saturated heterocycles. The molecular formula is C15H21ClN2O4S2. The third kappa shape index (κ3) is 4.86. The molecule has 0 saturated carbocycles. The van der Waals surface area contributed by atoms with Gasteiger partial charge in [0.2, 0.25) is 10.0 Å². The summed E-state index contributed by atoms with van der Waals surface area (Å²) in [6.45, 7) is 1.93. The summed E-state index contributed by atoms with van der Waals surface area (Å²) in [4.78, 5) is 12.3. The van der Waals surface area contributed by atoms with E-state index in [1.165, 1.54) is 22.5 Å². The summed E-state index contributed by atoms with van der Waals surface area (Å²) < 4.78 is 31.8. The highest BCUT2D eigenvalue weighted by Crippen LogP contribution is 2.24. The number of nitrogens with zero attached hydrogens (tertiary/aromatic N) is 1. The maximum absolute atomic E-state index is 12.7. The molecule has 9 heteroatoms. The minimum atomic E-state index is -3.60. The molecule has 1 fully saturated rings. The van der Waals surface area contributed by atoms with E-state index in [0.717, 1.165) is 11.5 Å². The molecule has 0 unspecified atom stereocenters. The van der Waals surface area contributed by atoms with Crippen molar-refractivity contribution in [3.8, 4) is 0 Å². The molecule has 1 amide bonds. The van der Waals surface area contributed by atoms with Crippen molar-refractivity contribution >= 4 is 39.3 Å². The number of nitrogens with one attached hydrogen (secondary N) is 1. The van der Waals surface area contributed by atoms with Crippen LogP contribution >= 0.6 is 23.4 Å². The molecule has 1 aromatic carbocycles. The van der Waals surface area contributed by atoms with Crippen LogP contribution in [0.25, 0.3) is 0 Å². The lowest BCUT2D eigenvalue weighted by atomic mass is 10.2. The fourth-order valence-corrected chi connectivity index (χ4v) is 5.09. The smallest absolute Gasteiger partial charge is 0.252 e. The van der Waals surface area contributed by atoms with E-state index in [0.29, 0.717) is 32.7 Å². The third-order valence-electron chi connectivity index (χ3n) is 3.60. The van der Waals surface area contributed by atoms with Crippen LogP contribution in [0, 0.1) is 0 Å². The van der Waals surface area contributed by atoms with Gasteiger partial charge in [-0.25, -0.2) is 8.42 Å². The Morgan fingerprint density at radius 1 is 1.38 bits per heavy atom. The van der Waals surface area contributed by atoms with Crippen LogP contribution in [0.1, 0.15) is 16.8 Å². The lowest BCUT2D eigenvalue weighted by Gasteiger charge is -2.25. The van der Waals surface area contributed by atoms with Gasteiger partial charge in [0.15, 0.2) is 0 Å². The Morgan fingerprint density at radius 3 is 2.75 bits per heavy atom. The minimum Gasteiger partial charge on any atom is -0.385 e. The predicted octanol–water partition coefficient (Wildman–Crippen LogP) is 1.84. The average Bonchev–Trinajstić information content (AvgIpc) is 2.59. The summed E-state index contributed by atoms with van der Waals surface area (Å²) in [7, 11) is -2.01. The van der Waals surface area contributed by atoms with Gasteiger partial charge in [-0.3, -0.25) is 4.79 Å². The van der Waals surface area contributed by atoms with Crippen molar-refractivity contribution < 1.29 is 17.9 Å². The van der Waals surface area contributed by atoms with Crippen molar-refractivity contribution in [1.29, 1.82) is 0 Å². The van der Waals surface area contributed by atoms with Crippen LogP contribution < -0.4 is 5.32 Å². The number of hydrogen-bond acceptors (Lipinski definition) is 5. The van der Waals surface area contributed by atoms with Gasteiger partial charge in [0.25, 0.3) is 5.91 Å². The lowest BCUT2D eigenvalue weighted by molar-refractivity contribution is 0.0948. The zero-order valence-corrected chi connectivity index (χ0v) is 15.8. The van der Waals surface area contributed by atoms with E-state index in [1.807, 2.05) is 0 Å². The van der Waals surface area contributed by atoms with Crippen LogP contribution in [-0.2, 0) is 14.8 Å². The Bertz CT molecular complexity index is 676. The molecule has 0 bridgehead atoms. The topological polar surface area (TPSA) is 75.7 Å². The van der Waals surface area contributed by atoms with Crippen molar-refractivity contribution in [1.82, 2.24) is 9.62 Å². The average molecular weight is 393 g/mol. The van der Waals surface area contributed by atoms with Crippen LogP contribution in [0.5, 0.6) is 0 Å². The first-order chi connectivity index (χ1) is 11.5. The molecule has 1 aromatic rings. The summed E-state index contributed by atoms with van der Waals surface area (Å²) >= 11 is 7.80. The van der Waals surface area contributed by atoms with E-state index in [2.05, 4.69) is 5.32 Å². The van der Waals surface area contributed by atoms with Gasteiger partial charge in [-0.2, -0.15) is 16.1 Å². The molecule has 0 radical (unpaired) electrons. The Hall–Kier alpha value is -0.800. The number of hydrogen-bond donors (Lipinski definition) is 1. The summed E-state index contributed by atoms with van der Waals surface area (Å²) in [5, 5.41) is 2.95. The van der Waals surface area contributed by atoms with Gasteiger partial charge in [0.05, 0.1) is 15.5 Å². The number of sulfonamides is 1. The predicted molar refractivity (Wildman–Crippen MR) is 96.4 cm³/mol. The first-order valence-electron chi connectivity index (χ1n) is 7.61. The van der Waals surface area contributed by atoms with Gasteiger partial charge < -0.3 is 10.1 Å². The van der Waals surface area contributed by atoms with Gasteiger partial charge in [0.1, 0.15) is 0 Å². The maximum atomic E-state index is 12.7. The van der Waals surface area contributed by atoms with Gasteiger partial charge in [0, 0.05) is 44.9 Å². The molecule has 1 aliphatic rings. The van der Waals surface area contributed by atoms with Gasteiger partial charge in [-0.15, -0.1) is 0 Å². The number of ether oxygens (including phenoxy) is 1. The number of carbonyl (C=O) groups excluding carboxylic acids is 1. The van der Waals surface area contributed by atoms with E-state index in [4.69, 9.17) is 16.3 Å². The summed E-state index contributed by atoms with van der Waals surface area (Å²) in [5.74, 6) is 1.17. The second-order valence-corrected chi connectivity index (χ2v) is 8.83. The largest absolute Gasteiger partial charge is 0.385 e. The highest BCUT2D eigenvalue weighted by Gasteiger charge is 2.27. The summed E-state index contributed by atoms with van der Waals surface area (Å²) in [6.07, 6.45) is 0.670. The van der Waals surface area contributed by atoms with Crippen LogP contribution in [0.2, 0.25) is 5.02 Å². The SMILES string of the molecule is COCCCNC(=O)c1cc(S(=O)(=O)N2CCSCC2)ccc1Cl. The molecule has 1 heterocycles.